The summed E-state index contributed by atoms with van der Waals surface area (Å²) in [6.45, 7) is 0. The maximum Gasteiger partial charge on any atom is 0.419 e. The number of rotatable bonds is 2. The third kappa shape index (κ3) is 2.79. The first-order valence-electron chi connectivity index (χ1n) is 8.93. The summed E-state index contributed by atoms with van der Waals surface area (Å²) < 4.78 is 41.5. The lowest BCUT2D eigenvalue weighted by molar-refractivity contribution is -0.138. The maximum absolute atomic E-state index is 13.4. The molecule has 11 heteroatoms. The minimum absolute atomic E-state index is 0.00187. The van der Waals surface area contributed by atoms with Crippen molar-refractivity contribution >= 4 is 34.6 Å². The first-order chi connectivity index (χ1) is 14.1. The second-order valence-corrected chi connectivity index (χ2v) is 7.54. The second-order valence-electron chi connectivity index (χ2n) is 7.18. The molecule has 2 aromatic heterocycles. The van der Waals surface area contributed by atoms with Gasteiger partial charge in [0.15, 0.2) is 10.8 Å². The van der Waals surface area contributed by atoms with Gasteiger partial charge < -0.3 is 9.47 Å². The van der Waals surface area contributed by atoms with E-state index in [0.29, 0.717) is 24.6 Å². The van der Waals surface area contributed by atoms with Gasteiger partial charge in [0.1, 0.15) is 11.6 Å². The van der Waals surface area contributed by atoms with Gasteiger partial charge in [0.05, 0.1) is 23.1 Å². The predicted octanol–water partition coefficient (Wildman–Crippen LogP) is 2.73. The fourth-order valence-electron chi connectivity index (χ4n) is 3.80. The second kappa shape index (κ2) is 6.63. The van der Waals surface area contributed by atoms with Gasteiger partial charge in [-0.1, -0.05) is 0 Å². The maximum atomic E-state index is 13.4. The van der Waals surface area contributed by atoms with Crippen LogP contribution in [0.15, 0.2) is 35.4 Å². The Labute approximate surface area is 174 Å². The van der Waals surface area contributed by atoms with Crippen LogP contribution in [0.25, 0.3) is 0 Å². The third-order valence-corrected chi connectivity index (χ3v) is 5.83. The van der Waals surface area contributed by atoms with E-state index in [9.17, 15) is 22.8 Å². The molecule has 7 nitrogen and oxygen atoms in total. The molecule has 0 bridgehead atoms. The molecule has 0 N–H and O–H groups in total. The van der Waals surface area contributed by atoms with E-state index in [2.05, 4.69) is 4.98 Å². The van der Waals surface area contributed by atoms with Crippen LogP contribution in [0.1, 0.15) is 30.5 Å². The lowest BCUT2D eigenvalue weighted by Crippen LogP contribution is -2.55. The van der Waals surface area contributed by atoms with Crippen molar-refractivity contribution in [2.45, 2.75) is 31.0 Å². The third-order valence-electron chi connectivity index (χ3n) is 5.46. The van der Waals surface area contributed by atoms with Crippen LogP contribution >= 0.6 is 12.2 Å². The molecule has 1 amide bonds. The van der Waals surface area contributed by atoms with Gasteiger partial charge in [0.25, 0.3) is 5.91 Å². The molecule has 1 saturated carbocycles. The molecule has 2 aliphatic rings. The molecule has 2 fully saturated rings. The highest BCUT2D eigenvalue weighted by Crippen LogP contribution is 2.48. The Balaban J connectivity index is 1.84. The van der Waals surface area contributed by atoms with Crippen molar-refractivity contribution in [2.24, 2.45) is 7.05 Å². The van der Waals surface area contributed by atoms with Crippen molar-refractivity contribution in [1.82, 2.24) is 9.55 Å². The van der Waals surface area contributed by atoms with E-state index in [1.165, 1.54) is 29.0 Å². The number of carbonyl (C=O) groups excluding carboxylic acids is 1. The highest BCUT2D eigenvalue weighted by Gasteiger charge is 2.59. The van der Waals surface area contributed by atoms with E-state index in [4.69, 9.17) is 17.5 Å². The quantitative estimate of drug-likeness (QED) is 0.678. The molecule has 154 valence electrons. The smallest absolute Gasteiger partial charge is 0.317 e. The molecule has 0 radical (unpaired) electrons. The van der Waals surface area contributed by atoms with E-state index in [1.54, 1.807) is 11.9 Å². The summed E-state index contributed by atoms with van der Waals surface area (Å²) in [5, 5.41) is 8.95. The Morgan fingerprint density at radius 1 is 1.23 bits per heavy atom. The van der Waals surface area contributed by atoms with Crippen molar-refractivity contribution in [2.75, 3.05) is 9.80 Å². The number of nitriles is 1. The summed E-state index contributed by atoms with van der Waals surface area (Å²) >= 11 is 5.50. The van der Waals surface area contributed by atoms with Crippen LogP contribution < -0.4 is 15.4 Å². The topological polar surface area (TPSA) is 82.2 Å². The van der Waals surface area contributed by atoms with Gasteiger partial charge in [-0.2, -0.15) is 18.4 Å². The van der Waals surface area contributed by atoms with E-state index >= 15 is 0 Å². The minimum atomic E-state index is -4.82. The Bertz CT molecular complexity index is 1180. The Morgan fingerprint density at radius 3 is 2.47 bits per heavy atom. The average molecular weight is 433 g/mol. The van der Waals surface area contributed by atoms with Crippen LogP contribution in [0.2, 0.25) is 0 Å². The van der Waals surface area contributed by atoms with Crippen LogP contribution in [-0.4, -0.2) is 26.1 Å². The number of alkyl halides is 3. The van der Waals surface area contributed by atoms with Gasteiger partial charge >= 0.3 is 6.18 Å². The highest BCUT2D eigenvalue weighted by molar-refractivity contribution is 7.81. The average Bonchev–Trinajstić information content (AvgIpc) is 2.90. The number of thiocarbonyl (C=S) groups is 1. The van der Waals surface area contributed by atoms with E-state index in [1.807, 2.05) is 0 Å². The Hall–Kier alpha value is -3.26. The van der Waals surface area contributed by atoms with Gasteiger partial charge in [-0.3, -0.25) is 14.5 Å². The van der Waals surface area contributed by atoms with Crippen LogP contribution in [0.3, 0.4) is 0 Å². The van der Waals surface area contributed by atoms with Crippen LogP contribution in [0.4, 0.5) is 24.5 Å². The SMILES string of the molecule is Cn1cc(N2C(=S)N(c3cnc(C#N)c(C(F)(F)F)c3)C(=O)C23CCC3)ccc1=O. The van der Waals surface area contributed by atoms with Crippen molar-refractivity contribution in [1.29, 1.82) is 5.26 Å². The number of nitrogens with zero attached hydrogens (tertiary/aromatic N) is 5. The van der Waals surface area contributed by atoms with Crippen LogP contribution in [-0.2, 0) is 18.0 Å². The lowest BCUT2D eigenvalue weighted by atomic mass is 9.75. The van der Waals surface area contributed by atoms with Gasteiger partial charge in [-0.05, 0) is 43.6 Å². The fourth-order valence-corrected chi connectivity index (χ4v) is 4.27. The lowest BCUT2D eigenvalue weighted by Gasteiger charge is -2.42. The summed E-state index contributed by atoms with van der Waals surface area (Å²) in [5.41, 5.74) is -2.94. The minimum Gasteiger partial charge on any atom is -0.317 e. The largest absolute Gasteiger partial charge is 0.419 e. The molecule has 1 spiro atoms. The predicted molar refractivity (Wildman–Crippen MR) is 105 cm³/mol. The molecule has 1 saturated heterocycles. The van der Waals surface area contributed by atoms with Crippen LogP contribution in [0, 0.1) is 11.3 Å². The summed E-state index contributed by atoms with van der Waals surface area (Å²) in [4.78, 5) is 31.3. The van der Waals surface area contributed by atoms with Crippen molar-refractivity contribution in [3.8, 4) is 6.07 Å². The zero-order chi connectivity index (χ0) is 21.8. The number of amides is 1. The molecule has 0 aromatic carbocycles. The normalized spacial score (nSPS) is 18.0. The zero-order valence-electron chi connectivity index (χ0n) is 15.6. The first-order valence-corrected chi connectivity index (χ1v) is 9.34. The van der Waals surface area contributed by atoms with Crippen molar-refractivity contribution in [3.63, 3.8) is 0 Å². The number of carbonyl (C=O) groups is 1. The highest BCUT2D eigenvalue weighted by atomic mass is 32.1. The van der Waals surface area contributed by atoms with Crippen molar-refractivity contribution in [3.05, 3.63) is 52.2 Å². The van der Waals surface area contributed by atoms with Gasteiger partial charge in [0.2, 0.25) is 5.56 Å². The monoisotopic (exact) mass is 433 g/mol. The molecular weight excluding hydrogens is 419 g/mol. The molecule has 4 rings (SSSR count). The van der Waals surface area contributed by atoms with Gasteiger partial charge in [-0.25, -0.2) is 4.98 Å². The number of hydrogen-bond acceptors (Lipinski definition) is 5. The van der Waals surface area contributed by atoms with Crippen molar-refractivity contribution < 1.29 is 18.0 Å². The molecule has 1 aliphatic heterocycles. The Morgan fingerprint density at radius 2 is 1.93 bits per heavy atom. The molecule has 3 heterocycles. The van der Waals surface area contributed by atoms with Crippen LogP contribution in [0.5, 0.6) is 0 Å². The van der Waals surface area contributed by atoms with Gasteiger partial charge in [-0.15, -0.1) is 0 Å². The van der Waals surface area contributed by atoms with Gasteiger partial charge in [0, 0.05) is 19.3 Å². The molecule has 0 atom stereocenters. The zero-order valence-corrected chi connectivity index (χ0v) is 16.4. The Kier molecular flexibility index (Phi) is 4.43. The number of halogens is 3. The fraction of sp³-hybridized carbons (Fsp3) is 0.316. The number of anilines is 2. The molecular formula is C19H14F3N5O2S. The number of aryl methyl sites for hydroxylation is 1. The first kappa shape index (κ1) is 20.0. The molecule has 1 aliphatic carbocycles. The van der Waals surface area contributed by atoms with E-state index in [-0.39, 0.29) is 16.4 Å². The summed E-state index contributed by atoms with van der Waals surface area (Å²) in [6, 6.07) is 5.00. The molecule has 30 heavy (non-hydrogen) atoms. The standard InChI is InChI=1S/C19H14F3N5O2S/c1-25-10-11(3-4-15(25)28)27-17(30)26(16(29)18(27)5-2-6-18)12-7-13(19(20,21)22)14(8-23)24-9-12/h3-4,7,9-10H,2,5-6H2,1H3. The number of hydrogen-bond donors (Lipinski definition) is 0. The number of aromatic nitrogens is 2. The van der Waals surface area contributed by atoms with E-state index < -0.39 is 28.9 Å². The number of pyridine rings is 2. The molecule has 2 aromatic rings. The summed E-state index contributed by atoms with van der Waals surface area (Å²) in [7, 11) is 1.55. The van der Waals surface area contributed by atoms with E-state index in [0.717, 1.165) is 17.5 Å². The summed E-state index contributed by atoms with van der Waals surface area (Å²) in [5.74, 6) is -0.452. The summed E-state index contributed by atoms with van der Waals surface area (Å²) in [6.07, 6.45) is -0.547. The molecule has 0 unspecified atom stereocenters.